The lowest BCUT2D eigenvalue weighted by Crippen LogP contribution is -2.28. The van der Waals surface area contributed by atoms with E-state index in [0.29, 0.717) is 5.92 Å². The number of fused-ring (bicyclic) bond motifs is 14. The molecule has 0 aromatic heterocycles. The number of anilines is 5. The van der Waals surface area contributed by atoms with Gasteiger partial charge >= 0.3 is 0 Å². The Balaban J connectivity index is 0.866. The SMILES string of the molecule is C1=CC2c3ccccc3N(c3ccc(-c4ccc(N(c5ccccc5)c5ccc(-c6cccc7c6-c6ccccc6C76c7ccccc7-c7ccccc76)c6ccccc56)cc4)cc3)C2C=C1. The van der Waals surface area contributed by atoms with Crippen molar-refractivity contribution in [2.45, 2.75) is 17.4 Å². The average Bonchev–Trinajstić information content (AvgIpc) is 4.02. The number of rotatable bonds is 6. The zero-order chi connectivity index (χ0) is 44.1. The molecule has 0 amide bonds. The second kappa shape index (κ2) is 14.8. The molecule has 314 valence electrons. The van der Waals surface area contributed by atoms with Gasteiger partial charge in [0, 0.05) is 34.1 Å². The minimum absolute atomic E-state index is 0.284. The molecular weight excluding hydrogens is 809 g/mol. The normalized spacial score (nSPS) is 16.3. The summed E-state index contributed by atoms with van der Waals surface area (Å²) in [5.41, 5.74) is 22.5. The van der Waals surface area contributed by atoms with Crippen molar-refractivity contribution in [1.29, 1.82) is 0 Å². The van der Waals surface area contributed by atoms with Crippen LogP contribution in [0, 0.1) is 0 Å². The number of allylic oxidation sites excluding steroid dienone is 2. The van der Waals surface area contributed by atoms with Crippen LogP contribution < -0.4 is 9.80 Å². The molecule has 2 atom stereocenters. The van der Waals surface area contributed by atoms with Crippen LogP contribution in [0.4, 0.5) is 28.4 Å². The summed E-state index contributed by atoms with van der Waals surface area (Å²) in [6.07, 6.45) is 9.04. The molecule has 14 rings (SSSR count). The lowest BCUT2D eigenvalue weighted by molar-refractivity contribution is 0.745. The van der Waals surface area contributed by atoms with Crippen LogP contribution in [0.1, 0.15) is 33.7 Å². The Morgan fingerprint density at radius 3 is 1.67 bits per heavy atom. The van der Waals surface area contributed by atoms with E-state index in [1.54, 1.807) is 0 Å². The molecule has 3 aliphatic carbocycles. The fourth-order valence-corrected chi connectivity index (χ4v) is 12.3. The van der Waals surface area contributed by atoms with Crippen LogP contribution in [0.25, 0.3) is 55.3 Å². The monoisotopic (exact) mass is 852 g/mol. The van der Waals surface area contributed by atoms with Crippen molar-refractivity contribution in [1.82, 2.24) is 0 Å². The third-order valence-electron chi connectivity index (χ3n) is 15.0. The molecule has 2 heteroatoms. The smallest absolute Gasteiger partial charge is 0.0725 e. The Labute approximate surface area is 391 Å². The van der Waals surface area contributed by atoms with E-state index in [-0.39, 0.29) is 6.04 Å². The lowest BCUT2D eigenvalue weighted by atomic mass is 9.70. The maximum atomic E-state index is 2.49. The largest absolute Gasteiger partial charge is 0.333 e. The van der Waals surface area contributed by atoms with Crippen LogP contribution in [0.5, 0.6) is 0 Å². The highest BCUT2D eigenvalue weighted by molar-refractivity contribution is 6.10. The quantitative estimate of drug-likeness (QED) is 0.164. The first-order chi connectivity index (χ1) is 33.3. The highest BCUT2D eigenvalue weighted by Crippen LogP contribution is 2.64. The van der Waals surface area contributed by atoms with Crippen molar-refractivity contribution in [2.24, 2.45) is 0 Å². The molecule has 4 aliphatic rings. The molecule has 10 aromatic rings. The van der Waals surface area contributed by atoms with E-state index in [2.05, 4.69) is 265 Å². The standard InChI is InChI=1S/C65H44N2/c1-2-17-45(18-3-1)66(46-37-33-43(34-38-46)44-35-39-47(40-36-44)67-61-31-14-9-23-53(61)54-24-10-15-32-62(54)67)63-42-41-49(48-19-4-5-22-52(48)63)55-26-16-30-60-64(55)56-25-8-13-29-59(56)65(60)57-27-11-6-20-50(57)51-21-7-12-28-58(51)65/h1-42,53,61H. The van der Waals surface area contributed by atoms with Crippen molar-refractivity contribution in [3.05, 3.63) is 283 Å². The number of hydrogen-bond acceptors (Lipinski definition) is 2. The Kier molecular flexibility index (Phi) is 8.36. The minimum atomic E-state index is -0.392. The van der Waals surface area contributed by atoms with Crippen molar-refractivity contribution in [3.63, 3.8) is 0 Å². The summed E-state index contributed by atoms with van der Waals surface area (Å²) in [7, 11) is 0. The highest BCUT2D eigenvalue weighted by atomic mass is 15.2. The molecule has 0 radical (unpaired) electrons. The van der Waals surface area contributed by atoms with E-state index in [0.717, 1.165) is 17.1 Å². The van der Waals surface area contributed by atoms with E-state index < -0.39 is 5.41 Å². The number of hydrogen-bond donors (Lipinski definition) is 0. The van der Waals surface area contributed by atoms with Crippen molar-refractivity contribution >= 4 is 39.2 Å². The summed E-state index contributed by atoms with van der Waals surface area (Å²) in [5.74, 6) is 0.368. The summed E-state index contributed by atoms with van der Waals surface area (Å²) < 4.78 is 0. The third kappa shape index (κ3) is 5.45. The van der Waals surface area contributed by atoms with Gasteiger partial charge in [-0.25, -0.2) is 0 Å². The van der Waals surface area contributed by atoms with E-state index in [9.17, 15) is 0 Å². The van der Waals surface area contributed by atoms with Gasteiger partial charge in [0.1, 0.15) is 0 Å². The molecule has 0 saturated carbocycles. The lowest BCUT2D eigenvalue weighted by Gasteiger charge is -2.30. The molecule has 0 N–H and O–H groups in total. The van der Waals surface area contributed by atoms with Gasteiger partial charge in [-0.2, -0.15) is 0 Å². The van der Waals surface area contributed by atoms with Crippen LogP contribution in [-0.2, 0) is 5.41 Å². The maximum absolute atomic E-state index is 2.49. The van der Waals surface area contributed by atoms with Gasteiger partial charge in [0.05, 0.1) is 17.1 Å². The third-order valence-corrected chi connectivity index (χ3v) is 15.0. The van der Waals surface area contributed by atoms with E-state index in [4.69, 9.17) is 0 Å². The Hall–Kier alpha value is -8.46. The van der Waals surface area contributed by atoms with Gasteiger partial charge in [-0.05, 0) is 126 Å². The van der Waals surface area contributed by atoms with Crippen LogP contribution in [0.3, 0.4) is 0 Å². The number of benzene rings is 10. The van der Waals surface area contributed by atoms with Gasteiger partial charge in [0.25, 0.3) is 0 Å². The Morgan fingerprint density at radius 2 is 0.925 bits per heavy atom. The maximum Gasteiger partial charge on any atom is 0.0725 e. The van der Waals surface area contributed by atoms with Crippen LogP contribution in [0.2, 0.25) is 0 Å². The highest BCUT2D eigenvalue weighted by Gasteiger charge is 2.52. The summed E-state index contributed by atoms with van der Waals surface area (Å²) >= 11 is 0. The molecule has 0 fully saturated rings. The van der Waals surface area contributed by atoms with Crippen molar-refractivity contribution < 1.29 is 0 Å². The first-order valence-corrected chi connectivity index (χ1v) is 23.5. The molecule has 67 heavy (non-hydrogen) atoms. The van der Waals surface area contributed by atoms with Gasteiger partial charge < -0.3 is 9.80 Å². The predicted molar refractivity (Wildman–Crippen MR) is 279 cm³/mol. The van der Waals surface area contributed by atoms with Gasteiger partial charge in [0.2, 0.25) is 0 Å². The molecule has 0 saturated heterocycles. The van der Waals surface area contributed by atoms with Gasteiger partial charge in [-0.1, -0.05) is 206 Å². The summed E-state index contributed by atoms with van der Waals surface area (Å²) in [5, 5.41) is 2.43. The van der Waals surface area contributed by atoms with Gasteiger partial charge in [-0.3, -0.25) is 0 Å². The predicted octanol–water partition coefficient (Wildman–Crippen LogP) is 16.7. The number of nitrogens with zero attached hydrogens (tertiary/aromatic N) is 2. The van der Waals surface area contributed by atoms with Crippen LogP contribution in [-0.4, -0.2) is 6.04 Å². The summed E-state index contributed by atoms with van der Waals surface area (Å²) in [6.45, 7) is 0. The van der Waals surface area contributed by atoms with Gasteiger partial charge in [0.15, 0.2) is 0 Å². The van der Waals surface area contributed by atoms with Crippen LogP contribution in [0.15, 0.2) is 255 Å². The summed E-state index contributed by atoms with van der Waals surface area (Å²) in [4.78, 5) is 4.91. The zero-order valence-electron chi connectivity index (χ0n) is 36.8. The number of para-hydroxylation sites is 2. The van der Waals surface area contributed by atoms with E-state index >= 15 is 0 Å². The van der Waals surface area contributed by atoms with Gasteiger partial charge in [-0.15, -0.1) is 0 Å². The first kappa shape index (κ1) is 37.9. The second-order valence-electron chi connectivity index (χ2n) is 18.3. The molecule has 1 spiro atoms. The van der Waals surface area contributed by atoms with Crippen molar-refractivity contribution in [2.75, 3.05) is 9.80 Å². The summed E-state index contributed by atoms with van der Waals surface area (Å²) in [6, 6.07) is 86.0. The second-order valence-corrected chi connectivity index (χ2v) is 18.3. The minimum Gasteiger partial charge on any atom is -0.333 e. The Morgan fingerprint density at radius 1 is 0.373 bits per heavy atom. The van der Waals surface area contributed by atoms with Crippen molar-refractivity contribution in [3.8, 4) is 44.5 Å². The fourth-order valence-electron chi connectivity index (χ4n) is 12.3. The van der Waals surface area contributed by atoms with E-state index in [1.165, 1.54) is 94.5 Å². The molecule has 1 aliphatic heterocycles. The molecular formula is C65H44N2. The molecule has 10 aromatic carbocycles. The fraction of sp³-hybridized carbons (Fsp3) is 0.0462. The zero-order valence-corrected chi connectivity index (χ0v) is 36.8. The molecule has 0 bridgehead atoms. The van der Waals surface area contributed by atoms with E-state index in [1.807, 2.05) is 0 Å². The molecule has 2 unspecified atom stereocenters. The first-order valence-electron chi connectivity index (χ1n) is 23.5. The molecule has 2 nitrogen and oxygen atoms in total. The topological polar surface area (TPSA) is 6.48 Å². The average molecular weight is 853 g/mol. The van der Waals surface area contributed by atoms with Crippen LogP contribution >= 0.6 is 0 Å². The molecule has 1 heterocycles. The Bertz CT molecular complexity index is 3610.